The molecule has 0 bridgehead atoms. The SMILES string of the molecule is CC(C)(C)OC(=O)N[C@@H](Cc1ccc([N+](=O)[O-])cc1)C(=O)COCc1ccccc1. The van der Waals surface area contributed by atoms with Gasteiger partial charge in [-0.15, -0.1) is 0 Å². The Morgan fingerprint density at radius 3 is 2.23 bits per heavy atom. The number of ketones is 1. The van der Waals surface area contributed by atoms with E-state index in [1.807, 2.05) is 30.3 Å². The summed E-state index contributed by atoms with van der Waals surface area (Å²) in [6.45, 7) is 5.25. The molecule has 8 nitrogen and oxygen atoms in total. The summed E-state index contributed by atoms with van der Waals surface area (Å²) in [5.74, 6) is -0.324. The molecule has 0 aliphatic heterocycles. The minimum Gasteiger partial charge on any atom is -0.444 e. The highest BCUT2D eigenvalue weighted by Crippen LogP contribution is 2.14. The summed E-state index contributed by atoms with van der Waals surface area (Å²) in [6, 6.07) is 14.4. The van der Waals surface area contributed by atoms with Gasteiger partial charge < -0.3 is 14.8 Å². The number of alkyl carbamates (subject to hydrolysis) is 1. The maximum Gasteiger partial charge on any atom is 0.408 e. The van der Waals surface area contributed by atoms with Crippen molar-refractivity contribution in [3.63, 3.8) is 0 Å². The number of nitro groups is 1. The normalized spacial score (nSPS) is 12.1. The third-order valence-electron chi connectivity index (χ3n) is 4.02. The molecule has 160 valence electrons. The second-order valence-corrected chi connectivity index (χ2v) is 7.77. The number of hydrogen-bond acceptors (Lipinski definition) is 6. The second kappa shape index (κ2) is 10.5. The van der Waals surface area contributed by atoms with Gasteiger partial charge in [0.1, 0.15) is 12.2 Å². The molecule has 0 spiro atoms. The van der Waals surface area contributed by atoms with Crippen LogP contribution in [0.3, 0.4) is 0 Å². The summed E-state index contributed by atoms with van der Waals surface area (Å²) in [7, 11) is 0. The molecule has 0 saturated heterocycles. The number of hydrogen-bond donors (Lipinski definition) is 1. The number of rotatable bonds is 9. The van der Waals surface area contributed by atoms with Crippen molar-refractivity contribution in [2.45, 2.75) is 45.4 Å². The van der Waals surface area contributed by atoms with Crippen molar-refractivity contribution in [1.29, 1.82) is 0 Å². The Labute approximate surface area is 175 Å². The van der Waals surface area contributed by atoms with Gasteiger partial charge >= 0.3 is 6.09 Å². The van der Waals surface area contributed by atoms with E-state index in [4.69, 9.17) is 9.47 Å². The molecule has 2 rings (SSSR count). The molecule has 0 aliphatic carbocycles. The first kappa shape index (κ1) is 23.0. The van der Waals surface area contributed by atoms with Crippen LogP contribution in [0.1, 0.15) is 31.9 Å². The van der Waals surface area contributed by atoms with E-state index in [2.05, 4.69) is 5.32 Å². The number of nitrogens with zero attached hydrogens (tertiary/aromatic N) is 1. The lowest BCUT2D eigenvalue weighted by molar-refractivity contribution is -0.384. The van der Waals surface area contributed by atoms with Crippen LogP contribution in [0, 0.1) is 10.1 Å². The van der Waals surface area contributed by atoms with Crippen molar-refractivity contribution in [3.8, 4) is 0 Å². The van der Waals surface area contributed by atoms with E-state index >= 15 is 0 Å². The molecule has 0 unspecified atom stereocenters. The number of Topliss-reactive ketones (excluding diaryl/α,β-unsaturated/α-hetero) is 1. The number of nitrogens with one attached hydrogen (secondary N) is 1. The number of ether oxygens (including phenoxy) is 2. The molecule has 30 heavy (non-hydrogen) atoms. The highest BCUT2D eigenvalue weighted by molar-refractivity contribution is 5.88. The fourth-order valence-corrected chi connectivity index (χ4v) is 2.63. The van der Waals surface area contributed by atoms with E-state index in [1.54, 1.807) is 32.9 Å². The van der Waals surface area contributed by atoms with Crippen LogP contribution in [0.15, 0.2) is 54.6 Å². The zero-order valence-corrected chi connectivity index (χ0v) is 17.3. The first-order valence-electron chi connectivity index (χ1n) is 9.51. The predicted octanol–water partition coefficient (Wildman–Crippen LogP) is 3.82. The first-order valence-corrected chi connectivity index (χ1v) is 9.51. The highest BCUT2D eigenvalue weighted by Gasteiger charge is 2.25. The van der Waals surface area contributed by atoms with E-state index in [9.17, 15) is 19.7 Å². The summed E-state index contributed by atoms with van der Waals surface area (Å²) in [4.78, 5) is 35.2. The summed E-state index contributed by atoms with van der Waals surface area (Å²) in [5, 5.41) is 13.4. The molecule has 1 atom stereocenters. The Morgan fingerprint density at radius 2 is 1.67 bits per heavy atom. The first-order chi connectivity index (χ1) is 14.1. The highest BCUT2D eigenvalue weighted by atomic mass is 16.6. The van der Waals surface area contributed by atoms with Gasteiger partial charge in [-0.1, -0.05) is 42.5 Å². The van der Waals surface area contributed by atoms with Crippen LogP contribution >= 0.6 is 0 Å². The number of non-ortho nitro benzene ring substituents is 1. The molecule has 2 aromatic carbocycles. The Kier molecular flexibility index (Phi) is 8.06. The molecule has 0 radical (unpaired) electrons. The third kappa shape index (κ3) is 8.00. The Bertz CT molecular complexity index is 859. The van der Waals surface area contributed by atoms with Gasteiger partial charge in [0.05, 0.1) is 17.6 Å². The number of carbonyl (C=O) groups excluding carboxylic acids is 2. The largest absolute Gasteiger partial charge is 0.444 e. The summed E-state index contributed by atoms with van der Waals surface area (Å²) in [6.07, 6.45) is -0.559. The summed E-state index contributed by atoms with van der Waals surface area (Å²) >= 11 is 0. The van der Waals surface area contributed by atoms with Crippen molar-refractivity contribution < 1.29 is 24.0 Å². The standard InChI is InChI=1S/C22H26N2O6/c1-22(2,3)30-21(26)23-19(13-16-9-11-18(12-10-16)24(27)28)20(25)15-29-14-17-7-5-4-6-8-17/h4-12,19H,13-15H2,1-3H3,(H,23,26)/t19-/m0/s1. The van der Waals surface area contributed by atoms with Gasteiger partial charge in [-0.3, -0.25) is 14.9 Å². The zero-order chi connectivity index (χ0) is 22.1. The van der Waals surface area contributed by atoms with E-state index in [0.717, 1.165) is 5.56 Å². The smallest absolute Gasteiger partial charge is 0.408 e. The van der Waals surface area contributed by atoms with Crippen molar-refractivity contribution in [3.05, 3.63) is 75.8 Å². The molecule has 0 aromatic heterocycles. The Hall–Kier alpha value is -3.26. The maximum atomic E-state index is 12.7. The van der Waals surface area contributed by atoms with Crippen LogP contribution in [0.25, 0.3) is 0 Å². The Balaban J connectivity index is 2.04. The Morgan fingerprint density at radius 1 is 1.03 bits per heavy atom. The third-order valence-corrected chi connectivity index (χ3v) is 4.02. The fourth-order valence-electron chi connectivity index (χ4n) is 2.63. The molecule has 2 aromatic rings. The fraction of sp³-hybridized carbons (Fsp3) is 0.364. The van der Waals surface area contributed by atoms with Gasteiger partial charge in [0.25, 0.3) is 5.69 Å². The monoisotopic (exact) mass is 414 g/mol. The van der Waals surface area contributed by atoms with Crippen LogP contribution < -0.4 is 5.32 Å². The molecule has 0 heterocycles. The second-order valence-electron chi connectivity index (χ2n) is 7.77. The van der Waals surface area contributed by atoms with Crippen molar-refractivity contribution in [2.24, 2.45) is 0 Å². The van der Waals surface area contributed by atoms with Crippen LogP contribution in [-0.2, 0) is 27.3 Å². The van der Waals surface area contributed by atoms with Crippen LogP contribution in [0.2, 0.25) is 0 Å². The number of benzene rings is 2. The molecule has 0 saturated carbocycles. The van der Waals surface area contributed by atoms with Crippen molar-refractivity contribution in [1.82, 2.24) is 5.32 Å². The van der Waals surface area contributed by atoms with E-state index < -0.39 is 22.7 Å². The minimum atomic E-state index is -0.892. The van der Waals surface area contributed by atoms with Gasteiger partial charge in [-0.05, 0) is 38.3 Å². The molecule has 1 amide bonds. The lowest BCUT2D eigenvalue weighted by Gasteiger charge is -2.23. The lowest BCUT2D eigenvalue weighted by atomic mass is 10.0. The topological polar surface area (TPSA) is 108 Å². The summed E-state index contributed by atoms with van der Waals surface area (Å²) < 4.78 is 10.8. The minimum absolute atomic E-state index is 0.0482. The van der Waals surface area contributed by atoms with Crippen LogP contribution in [0.4, 0.5) is 10.5 Å². The van der Waals surface area contributed by atoms with Crippen molar-refractivity contribution >= 4 is 17.6 Å². The summed E-state index contributed by atoms with van der Waals surface area (Å²) in [5.41, 5.74) is 0.831. The maximum absolute atomic E-state index is 12.7. The average molecular weight is 414 g/mol. The quantitative estimate of drug-likeness (QED) is 0.494. The zero-order valence-electron chi connectivity index (χ0n) is 17.3. The lowest BCUT2D eigenvalue weighted by Crippen LogP contribution is -2.46. The number of carbonyl (C=O) groups is 2. The average Bonchev–Trinajstić information content (AvgIpc) is 2.67. The molecular formula is C22H26N2O6. The predicted molar refractivity (Wildman–Crippen MR) is 111 cm³/mol. The molecule has 1 N–H and O–H groups in total. The van der Waals surface area contributed by atoms with E-state index in [0.29, 0.717) is 5.56 Å². The van der Waals surface area contributed by atoms with Crippen molar-refractivity contribution in [2.75, 3.05) is 6.61 Å². The number of amides is 1. The van der Waals surface area contributed by atoms with Gasteiger partial charge in [-0.25, -0.2) is 4.79 Å². The van der Waals surface area contributed by atoms with Crippen LogP contribution in [-0.4, -0.2) is 35.0 Å². The number of nitro benzene ring substituents is 1. The van der Waals surface area contributed by atoms with Gasteiger partial charge in [-0.2, -0.15) is 0 Å². The molecule has 0 aliphatic rings. The molecule has 0 fully saturated rings. The van der Waals surface area contributed by atoms with E-state index in [1.165, 1.54) is 12.1 Å². The van der Waals surface area contributed by atoms with Gasteiger partial charge in [0, 0.05) is 12.1 Å². The van der Waals surface area contributed by atoms with Crippen LogP contribution in [0.5, 0.6) is 0 Å². The molecular weight excluding hydrogens is 388 g/mol. The van der Waals surface area contributed by atoms with Gasteiger partial charge in [0.15, 0.2) is 5.78 Å². The van der Waals surface area contributed by atoms with E-state index in [-0.39, 0.29) is 31.1 Å². The molecule has 8 heteroatoms. The van der Waals surface area contributed by atoms with Gasteiger partial charge in [0.2, 0.25) is 0 Å².